The number of aromatic amines is 1. The zero-order valence-electron chi connectivity index (χ0n) is 6.14. The fourth-order valence-electron chi connectivity index (χ4n) is 0.837. The van der Waals surface area contributed by atoms with Crippen LogP contribution in [0, 0.1) is 12.3 Å². The number of imidazole rings is 1. The van der Waals surface area contributed by atoms with Crippen molar-refractivity contribution in [2.45, 2.75) is 5.92 Å². The molecule has 0 saturated heterocycles. The van der Waals surface area contributed by atoms with E-state index >= 15 is 0 Å². The molecule has 3 N–H and O–H groups in total. The lowest BCUT2D eigenvalue weighted by Crippen LogP contribution is -2.11. The standard InChI is InChI=1S/C7H7Cl2N3/c1-2-4(3-10)5-6(8)12-7(9)11-5/h1,4H,3,10H2,(H,11,12). The van der Waals surface area contributed by atoms with E-state index in [2.05, 4.69) is 15.9 Å². The van der Waals surface area contributed by atoms with Gasteiger partial charge in [-0.15, -0.1) is 6.42 Å². The van der Waals surface area contributed by atoms with Crippen molar-refractivity contribution in [3.8, 4) is 12.3 Å². The Morgan fingerprint density at radius 1 is 1.67 bits per heavy atom. The average molecular weight is 204 g/mol. The number of hydrogen-bond acceptors (Lipinski definition) is 2. The Bertz CT molecular complexity index is 313. The van der Waals surface area contributed by atoms with Crippen LogP contribution in [0.1, 0.15) is 11.6 Å². The maximum absolute atomic E-state index is 5.72. The lowest BCUT2D eigenvalue weighted by atomic mass is 10.1. The van der Waals surface area contributed by atoms with Crippen LogP contribution in [0.4, 0.5) is 0 Å². The summed E-state index contributed by atoms with van der Waals surface area (Å²) in [5, 5.41) is 0.511. The zero-order chi connectivity index (χ0) is 9.14. The zero-order valence-corrected chi connectivity index (χ0v) is 7.65. The summed E-state index contributed by atoms with van der Waals surface area (Å²) in [5.74, 6) is 2.23. The molecule has 64 valence electrons. The fraction of sp³-hybridized carbons (Fsp3) is 0.286. The molecule has 0 aliphatic carbocycles. The van der Waals surface area contributed by atoms with Gasteiger partial charge in [0.05, 0.1) is 11.6 Å². The van der Waals surface area contributed by atoms with E-state index in [-0.39, 0.29) is 16.4 Å². The van der Waals surface area contributed by atoms with Crippen molar-refractivity contribution in [1.29, 1.82) is 0 Å². The topological polar surface area (TPSA) is 54.7 Å². The van der Waals surface area contributed by atoms with Crippen molar-refractivity contribution >= 4 is 23.2 Å². The van der Waals surface area contributed by atoms with E-state index in [0.717, 1.165) is 0 Å². The molecule has 0 bridgehead atoms. The van der Waals surface area contributed by atoms with Gasteiger partial charge in [-0.05, 0) is 11.6 Å². The molecule has 0 radical (unpaired) electrons. The highest BCUT2D eigenvalue weighted by molar-refractivity contribution is 6.32. The molecular formula is C7H7Cl2N3. The van der Waals surface area contributed by atoms with Crippen LogP contribution in [0.2, 0.25) is 10.4 Å². The van der Waals surface area contributed by atoms with Crippen LogP contribution in [-0.4, -0.2) is 16.5 Å². The molecule has 0 spiro atoms. The van der Waals surface area contributed by atoms with Crippen molar-refractivity contribution in [1.82, 2.24) is 9.97 Å². The number of H-pyrrole nitrogens is 1. The van der Waals surface area contributed by atoms with Crippen molar-refractivity contribution in [3.05, 3.63) is 16.1 Å². The minimum atomic E-state index is -0.252. The summed E-state index contributed by atoms with van der Waals surface area (Å²) in [5.41, 5.74) is 6.00. The molecule has 12 heavy (non-hydrogen) atoms. The minimum Gasteiger partial charge on any atom is -0.330 e. The van der Waals surface area contributed by atoms with E-state index in [9.17, 15) is 0 Å². The van der Waals surface area contributed by atoms with E-state index in [4.69, 9.17) is 35.4 Å². The van der Waals surface area contributed by atoms with Crippen LogP contribution in [0.15, 0.2) is 0 Å². The first-order chi connectivity index (χ1) is 5.69. The second kappa shape index (κ2) is 3.81. The third kappa shape index (κ3) is 1.72. The van der Waals surface area contributed by atoms with Crippen LogP contribution in [0.3, 0.4) is 0 Å². The molecule has 0 aromatic carbocycles. The van der Waals surface area contributed by atoms with Crippen LogP contribution in [-0.2, 0) is 0 Å². The van der Waals surface area contributed by atoms with E-state index in [1.165, 1.54) is 0 Å². The van der Waals surface area contributed by atoms with Gasteiger partial charge in [0.25, 0.3) is 0 Å². The summed E-state index contributed by atoms with van der Waals surface area (Å²) in [6.07, 6.45) is 5.21. The van der Waals surface area contributed by atoms with Crippen molar-refractivity contribution in [2.75, 3.05) is 6.54 Å². The van der Waals surface area contributed by atoms with Crippen LogP contribution >= 0.6 is 23.2 Å². The summed E-state index contributed by atoms with van der Waals surface area (Å²) in [6, 6.07) is 0. The normalized spacial score (nSPS) is 12.5. The number of nitrogens with zero attached hydrogens (tertiary/aromatic N) is 1. The maximum atomic E-state index is 5.72. The van der Waals surface area contributed by atoms with Crippen molar-refractivity contribution in [3.63, 3.8) is 0 Å². The molecule has 3 nitrogen and oxygen atoms in total. The highest BCUT2D eigenvalue weighted by Crippen LogP contribution is 2.22. The summed E-state index contributed by atoms with van der Waals surface area (Å²) >= 11 is 11.3. The molecule has 0 amide bonds. The molecule has 1 heterocycles. The molecule has 1 aromatic heterocycles. The predicted octanol–water partition coefficient (Wildman–Crippen LogP) is 1.39. The van der Waals surface area contributed by atoms with Gasteiger partial charge in [-0.25, -0.2) is 4.98 Å². The molecule has 0 aliphatic heterocycles. The lowest BCUT2D eigenvalue weighted by molar-refractivity contribution is 0.847. The van der Waals surface area contributed by atoms with Gasteiger partial charge in [-0.3, -0.25) is 0 Å². The Morgan fingerprint density at radius 3 is 2.67 bits per heavy atom. The Morgan fingerprint density at radius 2 is 2.33 bits per heavy atom. The highest BCUT2D eigenvalue weighted by atomic mass is 35.5. The number of halogens is 2. The summed E-state index contributed by atoms with van der Waals surface area (Å²) < 4.78 is 0. The number of aromatic nitrogens is 2. The largest absolute Gasteiger partial charge is 0.330 e. The van der Waals surface area contributed by atoms with Gasteiger partial charge in [-0.2, -0.15) is 0 Å². The lowest BCUT2D eigenvalue weighted by Gasteiger charge is -2.03. The van der Waals surface area contributed by atoms with Gasteiger partial charge in [-0.1, -0.05) is 17.5 Å². The predicted molar refractivity (Wildman–Crippen MR) is 49.2 cm³/mol. The van der Waals surface area contributed by atoms with Gasteiger partial charge in [0.2, 0.25) is 5.28 Å². The van der Waals surface area contributed by atoms with E-state index in [0.29, 0.717) is 12.2 Å². The number of rotatable bonds is 2. The molecular weight excluding hydrogens is 197 g/mol. The number of nitrogens with two attached hydrogens (primary N) is 1. The van der Waals surface area contributed by atoms with Crippen molar-refractivity contribution in [2.24, 2.45) is 5.73 Å². The molecule has 1 unspecified atom stereocenters. The first-order valence-electron chi connectivity index (χ1n) is 3.26. The van der Waals surface area contributed by atoms with Crippen molar-refractivity contribution < 1.29 is 0 Å². The summed E-state index contributed by atoms with van der Waals surface area (Å²) in [4.78, 5) is 6.50. The molecule has 0 aliphatic rings. The Labute approximate surface area is 80.3 Å². The van der Waals surface area contributed by atoms with E-state index < -0.39 is 0 Å². The average Bonchev–Trinajstić information content (AvgIpc) is 2.34. The number of hydrogen-bond donors (Lipinski definition) is 2. The van der Waals surface area contributed by atoms with Gasteiger partial charge in [0.1, 0.15) is 0 Å². The molecule has 0 saturated carbocycles. The Balaban J connectivity index is 3.02. The molecule has 1 rings (SSSR count). The Kier molecular flexibility index (Phi) is 2.99. The monoisotopic (exact) mass is 203 g/mol. The first-order valence-corrected chi connectivity index (χ1v) is 4.01. The fourth-order valence-corrected chi connectivity index (χ4v) is 1.33. The summed E-state index contributed by atoms with van der Waals surface area (Å²) in [6.45, 7) is 0.314. The molecule has 5 heteroatoms. The first kappa shape index (κ1) is 9.40. The highest BCUT2D eigenvalue weighted by Gasteiger charge is 2.14. The molecule has 1 aromatic rings. The number of terminal acetylenes is 1. The van der Waals surface area contributed by atoms with E-state index in [1.807, 2.05) is 0 Å². The molecule has 0 fully saturated rings. The smallest absolute Gasteiger partial charge is 0.201 e. The Hall–Kier alpha value is -0.690. The maximum Gasteiger partial charge on any atom is 0.201 e. The van der Waals surface area contributed by atoms with Crippen LogP contribution < -0.4 is 5.73 Å². The van der Waals surface area contributed by atoms with Gasteiger partial charge in [0, 0.05) is 6.54 Å². The minimum absolute atomic E-state index is 0.226. The van der Waals surface area contributed by atoms with Gasteiger partial charge in [0.15, 0.2) is 5.15 Å². The molecule has 1 atom stereocenters. The van der Waals surface area contributed by atoms with Crippen LogP contribution in [0.25, 0.3) is 0 Å². The van der Waals surface area contributed by atoms with E-state index in [1.54, 1.807) is 0 Å². The second-order valence-electron chi connectivity index (χ2n) is 2.19. The quantitative estimate of drug-likeness (QED) is 0.715. The summed E-state index contributed by atoms with van der Waals surface area (Å²) in [7, 11) is 0. The van der Waals surface area contributed by atoms with Gasteiger partial charge >= 0.3 is 0 Å². The number of nitrogens with one attached hydrogen (secondary N) is 1. The second-order valence-corrected chi connectivity index (χ2v) is 2.90. The van der Waals surface area contributed by atoms with Crippen LogP contribution in [0.5, 0.6) is 0 Å². The van der Waals surface area contributed by atoms with Gasteiger partial charge < -0.3 is 10.7 Å². The third-order valence-corrected chi connectivity index (χ3v) is 1.91. The third-order valence-electron chi connectivity index (χ3n) is 1.44. The SMILES string of the molecule is C#CC(CN)c1[nH]c(Cl)nc1Cl.